The van der Waals surface area contributed by atoms with Crippen LogP contribution in [-0.2, 0) is 19.9 Å². The minimum absolute atomic E-state index is 0.187. The first kappa shape index (κ1) is 21.8. The zero-order valence-corrected chi connectivity index (χ0v) is 17.9. The van der Waals surface area contributed by atoms with Gasteiger partial charge in [-0.1, -0.05) is 55.8 Å². The number of phenols is 1. The molecule has 0 spiro atoms. The molecule has 0 aliphatic carbocycles. The van der Waals surface area contributed by atoms with E-state index in [0.29, 0.717) is 17.5 Å². The van der Waals surface area contributed by atoms with Crippen molar-refractivity contribution in [1.82, 2.24) is 10.2 Å². The van der Waals surface area contributed by atoms with Crippen LogP contribution in [0.4, 0.5) is 0 Å². The van der Waals surface area contributed by atoms with E-state index in [1.807, 2.05) is 6.92 Å². The van der Waals surface area contributed by atoms with E-state index in [-0.39, 0.29) is 18.0 Å². The molecule has 4 rings (SSSR count). The second-order valence-electron chi connectivity index (χ2n) is 8.18. The number of aromatic hydroxyl groups is 1. The molecule has 2 fully saturated rings. The largest absolute Gasteiger partial charge is 0.504 e. The van der Waals surface area contributed by atoms with Crippen LogP contribution in [-0.4, -0.2) is 46.6 Å². The number of hydrogen-bond acceptors (Lipinski definition) is 6. The van der Waals surface area contributed by atoms with Gasteiger partial charge in [-0.15, -0.1) is 0 Å². The normalized spacial score (nSPS) is 26.9. The van der Waals surface area contributed by atoms with Crippen molar-refractivity contribution in [2.24, 2.45) is 11.8 Å². The highest BCUT2D eigenvalue weighted by Gasteiger charge is 2.69. The molecule has 0 saturated carbocycles. The second-order valence-corrected chi connectivity index (χ2v) is 8.18. The fraction of sp³-hybridized carbons (Fsp3) is 0.375. The first-order chi connectivity index (χ1) is 15.4. The standard InChI is InChI=1S/C24H26N2O6/c1-3-4-13-26-21(28)17-18(22(26)29)24(23(30)31,14-9-6-5-7-10-14)25-19(17)15-11-8-12-16(32-2)20(15)27/h5-12,17-19,25,27H,3-4,13H2,1-2H3,(H,30,31). The summed E-state index contributed by atoms with van der Waals surface area (Å²) < 4.78 is 5.21. The van der Waals surface area contributed by atoms with Crippen molar-refractivity contribution in [2.75, 3.05) is 13.7 Å². The number of rotatable bonds is 7. The lowest BCUT2D eigenvalue weighted by atomic mass is 9.75. The number of fused-ring (bicyclic) bond motifs is 1. The van der Waals surface area contributed by atoms with Crippen molar-refractivity contribution >= 4 is 17.8 Å². The summed E-state index contributed by atoms with van der Waals surface area (Å²) >= 11 is 0. The number of nitrogens with zero attached hydrogens (tertiary/aromatic N) is 1. The number of amides is 2. The van der Waals surface area contributed by atoms with Crippen LogP contribution >= 0.6 is 0 Å². The molecular weight excluding hydrogens is 412 g/mol. The van der Waals surface area contributed by atoms with Crippen LogP contribution in [0.1, 0.15) is 36.9 Å². The lowest BCUT2D eigenvalue weighted by Crippen LogP contribution is -2.53. The number of carboxylic acid groups (broad SMARTS) is 1. The van der Waals surface area contributed by atoms with Crippen molar-refractivity contribution in [3.05, 3.63) is 59.7 Å². The summed E-state index contributed by atoms with van der Waals surface area (Å²) in [6.07, 6.45) is 1.42. The van der Waals surface area contributed by atoms with E-state index in [4.69, 9.17) is 4.74 Å². The van der Waals surface area contributed by atoms with E-state index >= 15 is 0 Å². The monoisotopic (exact) mass is 438 g/mol. The molecule has 0 bridgehead atoms. The number of para-hydroxylation sites is 1. The Bertz CT molecular complexity index is 1060. The van der Waals surface area contributed by atoms with Crippen molar-refractivity contribution in [2.45, 2.75) is 31.3 Å². The lowest BCUT2D eigenvalue weighted by molar-refractivity contribution is -0.152. The molecule has 2 saturated heterocycles. The highest BCUT2D eigenvalue weighted by atomic mass is 16.5. The Morgan fingerprint density at radius 2 is 1.84 bits per heavy atom. The van der Waals surface area contributed by atoms with Crippen molar-refractivity contribution < 1.29 is 29.3 Å². The summed E-state index contributed by atoms with van der Waals surface area (Å²) in [5.74, 6) is -4.29. The van der Waals surface area contributed by atoms with Gasteiger partial charge in [-0.3, -0.25) is 19.8 Å². The highest BCUT2D eigenvalue weighted by Crippen LogP contribution is 2.54. The molecule has 2 aliphatic rings. The van der Waals surface area contributed by atoms with Crippen LogP contribution in [0.2, 0.25) is 0 Å². The smallest absolute Gasteiger partial charge is 0.329 e. The van der Waals surface area contributed by atoms with Gasteiger partial charge in [-0.2, -0.15) is 0 Å². The maximum atomic E-state index is 13.5. The molecule has 168 valence electrons. The van der Waals surface area contributed by atoms with Gasteiger partial charge in [0.05, 0.1) is 18.9 Å². The van der Waals surface area contributed by atoms with E-state index < -0.39 is 41.2 Å². The number of nitrogens with one attached hydrogen (secondary N) is 1. The molecule has 2 aromatic carbocycles. The van der Waals surface area contributed by atoms with Crippen LogP contribution in [0.15, 0.2) is 48.5 Å². The Balaban J connectivity index is 1.92. The predicted molar refractivity (Wildman–Crippen MR) is 115 cm³/mol. The number of aliphatic carboxylic acids is 1. The van der Waals surface area contributed by atoms with Gasteiger partial charge in [-0.25, -0.2) is 4.79 Å². The zero-order chi connectivity index (χ0) is 23.0. The van der Waals surface area contributed by atoms with Gasteiger partial charge in [0.2, 0.25) is 11.8 Å². The molecule has 8 nitrogen and oxygen atoms in total. The molecule has 0 radical (unpaired) electrons. The third kappa shape index (κ3) is 3.05. The highest BCUT2D eigenvalue weighted by molar-refractivity contribution is 6.09. The number of methoxy groups -OCH3 is 1. The average Bonchev–Trinajstić information content (AvgIpc) is 3.28. The van der Waals surface area contributed by atoms with E-state index in [1.165, 1.54) is 12.0 Å². The van der Waals surface area contributed by atoms with Crippen molar-refractivity contribution in [3.8, 4) is 11.5 Å². The summed E-state index contributed by atoms with van der Waals surface area (Å²) in [6, 6.07) is 12.4. The quantitative estimate of drug-likeness (QED) is 0.569. The minimum atomic E-state index is -1.82. The van der Waals surface area contributed by atoms with Crippen molar-refractivity contribution in [3.63, 3.8) is 0 Å². The Kier molecular flexibility index (Phi) is 5.64. The average molecular weight is 438 g/mol. The number of hydrogen-bond donors (Lipinski definition) is 3. The third-order valence-electron chi connectivity index (χ3n) is 6.54. The molecule has 4 atom stereocenters. The molecule has 2 aliphatic heterocycles. The first-order valence-corrected chi connectivity index (χ1v) is 10.7. The lowest BCUT2D eigenvalue weighted by Gasteiger charge is -2.31. The molecule has 2 aromatic rings. The Labute approximate surface area is 185 Å². The van der Waals surface area contributed by atoms with E-state index in [0.717, 1.165) is 6.42 Å². The first-order valence-electron chi connectivity index (χ1n) is 10.7. The zero-order valence-electron chi connectivity index (χ0n) is 17.9. The van der Waals surface area contributed by atoms with Crippen LogP contribution < -0.4 is 10.1 Å². The van der Waals surface area contributed by atoms with Crippen LogP contribution in [0.5, 0.6) is 11.5 Å². The number of carboxylic acids is 1. The molecule has 2 heterocycles. The number of likely N-dealkylation sites (tertiary alicyclic amines) is 1. The predicted octanol–water partition coefficient (Wildman–Crippen LogP) is 2.43. The molecule has 3 N–H and O–H groups in total. The van der Waals surface area contributed by atoms with E-state index in [9.17, 15) is 24.6 Å². The van der Waals surface area contributed by atoms with Gasteiger partial charge in [0.1, 0.15) is 0 Å². The SMILES string of the molecule is CCCCN1C(=O)C2C(c3cccc(OC)c3O)NC(C(=O)O)(c3ccccc3)C2C1=O. The van der Waals surface area contributed by atoms with Crippen molar-refractivity contribution in [1.29, 1.82) is 0 Å². The van der Waals surface area contributed by atoms with Gasteiger partial charge >= 0.3 is 5.97 Å². The molecular formula is C24H26N2O6. The number of imide groups is 1. The number of carbonyl (C=O) groups is 3. The van der Waals surface area contributed by atoms with E-state index in [1.54, 1.807) is 48.5 Å². The fourth-order valence-electron chi connectivity index (χ4n) is 5.01. The molecule has 2 amide bonds. The number of benzene rings is 2. The van der Waals surface area contributed by atoms with Crippen LogP contribution in [0.3, 0.4) is 0 Å². The fourth-order valence-corrected chi connectivity index (χ4v) is 5.01. The van der Waals surface area contributed by atoms with Crippen LogP contribution in [0.25, 0.3) is 0 Å². The number of carbonyl (C=O) groups excluding carboxylic acids is 2. The maximum absolute atomic E-state index is 13.5. The summed E-state index contributed by atoms with van der Waals surface area (Å²) in [6.45, 7) is 2.19. The van der Waals surface area contributed by atoms with Gasteiger partial charge in [0.15, 0.2) is 17.0 Å². The summed E-state index contributed by atoms with van der Waals surface area (Å²) in [5, 5.41) is 24.3. The Hall–Kier alpha value is -3.39. The van der Waals surface area contributed by atoms with Gasteiger partial charge < -0.3 is 14.9 Å². The molecule has 4 unspecified atom stereocenters. The second kappa shape index (κ2) is 8.27. The number of unbranched alkanes of at least 4 members (excludes halogenated alkanes) is 1. The Morgan fingerprint density at radius 3 is 2.47 bits per heavy atom. The Morgan fingerprint density at radius 1 is 1.12 bits per heavy atom. The number of ether oxygens (including phenoxy) is 1. The van der Waals surface area contributed by atoms with Gasteiger partial charge in [-0.05, 0) is 18.1 Å². The van der Waals surface area contributed by atoms with Gasteiger partial charge in [0.25, 0.3) is 0 Å². The maximum Gasteiger partial charge on any atom is 0.329 e. The molecule has 0 aromatic heterocycles. The van der Waals surface area contributed by atoms with E-state index in [2.05, 4.69) is 5.32 Å². The van der Waals surface area contributed by atoms with Gasteiger partial charge in [0, 0.05) is 18.2 Å². The summed E-state index contributed by atoms with van der Waals surface area (Å²) in [7, 11) is 1.41. The minimum Gasteiger partial charge on any atom is -0.504 e. The number of phenolic OH excluding ortho intramolecular Hbond substituents is 1. The molecule has 8 heteroatoms. The molecule has 32 heavy (non-hydrogen) atoms. The summed E-state index contributed by atoms with van der Waals surface area (Å²) in [5.41, 5.74) is -1.12. The van der Waals surface area contributed by atoms with Crippen LogP contribution in [0, 0.1) is 11.8 Å². The third-order valence-corrected chi connectivity index (χ3v) is 6.54. The summed E-state index contributed by atoms with van der Waals surface area (Å²) in [4.78, 5) is 40.9. The topological polar surface area (TPSA) is 116 Å².